The average molecular weight is 342 g/mol. The number of nitrogens with zero attached hydrogens (tertiary/aromatic N) is 3. The first-order chi connectivity index (χ1) is 7.58. The highest BCUT2D eigenvalue weighted by Gasteiger charge is 2.05. The fraction of sp³-hybridized carbons (Fsp3) is 0.100. The number of hydrogen-bond acceptors (Lipinski definition) is 4. The van der Waals surface area contributed by atoms with Gasteiger partial charge in [-0.1, -0.05) is 15.9 Å². The van der Waals surface area contributed by atoms with Crippen molar-refractivity contribution in [1.29, 1.82) is 10.5 Å². The summed E-state index contributed by atoms with van der Waals surface area (Å²) in [5.74, 6) is 0. The van der Waals surface area contributed by atoms with Gasteiger partial charge in [0.25, 0.3) is 0 Å². The van der Waals surface area contributed by atoms with Gasteiger partial charge in [-0.05, 0) is 40.5 Å². The number of rotatable bonds is 2. The molecule has 0 bridgehead atoms. The largest absolute Gasteiger partial charge is 0.275 e. The van der Waals surface area contributed by atoms with E-state index in [1.165, 1.54) is 0 Å². The summed E-state index contributed by atoms with van der Waals surface area (Å²) in [6.45, 7) is 1.89. The van der Waals surface area contributed by atoms with Crippen LogP contribution in [-0.4, -0.2) is 5.71 Å². The van der Waals surface area contributed by atoms with E-state index in [-0.39, 0.29) is 5.71 Å². The first-order valence-electron chi connectivity index (χ1n) is 4.18. The Morgan fingerprint density at radius 1 is 1.31 bits per heavy atom. The number of aryl methyl sites for hydroxylation is 1. The van der Waals surface area contributed by atoms with Crippen molar-refractivity contribution in [3.05, 3.63) is 26.6 Å². The molecule has 80 valence electrons. The van der Waals surface area contributed by atoms with Crippen molar-refractivity contribution < 1.29 is 0 Å². The fourth-order valence-electron chi connectivity index (χ4n) is 1.03. The molecule has 0 saturated heterocycles. The molecule has 0 amide bonds. The van der Waals surface area contributed by atoms with E-state index in [0.717, 1.165) is 20.2 Å². The number of anilines is 1. The van der Waals surface area contributed by atoms with Gasteiger partial charge < -0.3 is 0 Å². The van der Waals surface area contributed by atoms with Crippen molar-refractivity contribution in [2.75, 3.05) is 5.43 Å². The van der Waals surface area contributed by atoms with Crippen molar-refractivity contribution in [2.24, 2.45) is 5.10 Å². The molecule has 1 aromatic rings. The molecule has 0 fully saturated rings. The molecule has 0 atom stereocenters. The number of nitriles is 2. The molecule has 0 unspecified atom stereocenters. The Labute approximate surface area is 110 Å². The minimum atomic E-state index is -0.214. The second-order valence-corrected chi connectivity index (χ2v) is 4.65. The summed E-state index contributed by atoms with van der Waals surface area (Å²) < 4.78 is 1.74. The van der Waals surface area contributed by atoms with Crippen molar-refractivity contribution in [1.82, 2.24) is 0 Å². The minimum absolute atomic E-state index is 0.214. The Balaban J connectivity index is 3.05. The third-order valence-corrected chi connectivity index (χ3v) is 2.83. The monoisotopic (exact) mass is 340 g/mol. The molecule has 6 heteroatoms. The molecule has 0 heterocycles. The predicted molar refractivity (Wildman–Crippen MR) is 68.9 cm³/mol. The van der Waals surface area contributed by atoms with E-state index in [2.05, 4.69) is 42.4 Å². The first-order valence-corrected chi connectivity index (χ1v) is 5.76. The average Bonchev–Trinajstić information content (AvgIpc) is 2.22. The first kappa shape index (κ1) is 12.7. The lowest BCUT2D eigenvalue weighted by Crippen LogP contribution is -1.98. The highest BCUT2D eigenvalue weighted by atomic mass is 79.9. The smallest absolute Gasteiger partial charge is 0.237 e. The van der Waals surface area contributed by atoms with Crippen LogP contribution in [0.2, 0.25) is 0 Å². The summed E-state index contributed by atoms with van der Waals surface area (Å²) in [5, 5.41) is 20.7. The molecule has 1 N–H and O–H groups in total. The summed E-state index contributed by atoms with van der Waals surface area (Å²) in [7, 11) is 0. The molecule has 0 radical (unpaired) electrons. The van der Waals surface area contributed by atoms with Crippen LogP contribution in [0.3, 0.4) is 0 Å². The normalized spacial score (nSPS) is 8.81. The van der Waals surface area contributed by atoms with Gasteiger partial charge in [-0.2, -0.15) is 15.6 Å². The minimum Gasteiger partial charge on any atom is -0.275 e. The maximum Gasteiger partial charge on any atom is 0.237 e. The van der Waals surface area contributed by atoms with Gasteiger partial charge in [0.2, 0.25) is 5.71 Å². The van der Waals surface area contributed by atoms with Crippen molar-refractivity contribution in [2.45, 2.75) is 6.92 Å². The van der Waals surface area contributed by atoms with E-state index < -0.39 is 0 Å². The number of nitrogens with one attached hydrogen (secondary N) is 1. The van der Waals surface area contributed by atoms with Crippen LogP contribution in [0.4, 0.5) is 5.69 Å². The topological polar surface area (TPSA) is 72.0 Å². The maximum absolute atomic E-state index is 8.52. The number of benzene rings is 1. The van der Waals surface area contributed by atoms with Crippen molar-refractivity contribution in [3.63, 3.8) is 0 Å². The van der Waals surface area contributed by atoms with E-state index in [9.17, 15) is 0 Å². The summed E-state index contributed by atoms with van der Waals surface area (Å²) in [6.07, 6.45) is 0. The third kappa shape index (κ3) is 3.06. The SMILES string of the molecule is Cc1cc(Br)cc(Br)c1NN=C(C#N)C#N. The zero-order valence-corrected chi connectivity index (χ0v) is 11.4. The number of halogens is 2. The summed E-state index contributed by atoms with van der Waals surface area (Å²) in [6, 6.07) is 7.10. The maximum atomic E-state index is 8.52. The van der Waals surface area contributed by atoms with Crippen LogP contribution in [0, 0.1) is 29.6 Å². The number of hydrazone groups is 1. The van der Waals surface area contributed by atoms with Crippen LogP contribution in [-0.2, 0) is 0 Å². The molecule has 1 rings (SSSR count). The van der Waals surface area contributed by atoms with Gasteiger partial charge in [-0.3, -0.25) is 5.43 Å². The van der Waals surface area contributed by atoms with Crippen LogP contribution >= 0.6 is 31.9 Å². The van der Waals surface area contributed by atoms with Gasteiger partial charge in [-0.15, -0.1) is 0 Å². The van der Waals surface area contributed by atoms with E-state index in [1.807, 2.05) is 19.1 Å². The highest BCUT2D eigenvalue weighted by Crippen LogP contribution is 2.30. The molecule has 0 aliphatic heterocycles. The van der Waals surface area contributed by atoms with Gasteiger partial charge in [0.1, 0.15) is 12.1 Å². The van der Waals surface area contributed by atoms with E-state index in [0.29, 0.717) is 0 Å². The molecule has 0 aliphatic rings. The quantitative estimate of drug-likeness (QED) is 0.662. The Morgan fingerprint density at radius 2 is 1.94 bits per heavy atom. The van der Waals surface area contributed by atoms with Crippen LogP contribution in [0.15, 0.2) is 26.2 Å². The molecular weight excluding hydrogens is 336 g/mol. The van der Waals surface area contributed by atoms with Crippen LogP contribution in [0.5, 0.6) is 0 Å². The summed E-state index contributed by atoms with van der Waals surface area (Å²) >= 11 is 6.72. The zero-order valence-electron chi connectivity index (χ0n) is 8.25. The van der Waals surface area contributed by atoms with E-state index in [1.54, 1.807) is 12.1 Å². The van der Waals surface area contributed by atoms with Crippen LogP contribution < -0.4 is 5.43 Å². The van der Waals surface area contributed by atoms with Crippen molar-refractivity contribution in [3.8, 4) is 12.1 Å². The molecule has 4 nitrogen and oxygen atoms in total. The Kier molecular flexibility index (Phi) is 4.48. The molecule has 1 aromatic carbocycles. The molecule has 0 aromatic heterocycles. The third-order valence-electron chi connectivity index (χ3n) is 1.74. The number of hydrogen-bond donors (Lipinski definition) is 1. The molecule has 0 spiro atoms. The standard InChI is InChI=1S/C10H6Br2N4/c1-6-2-7(11)3-9(12)10(6)16-15-8(4-13)5-14/h2-3,16H,1H3. The van der Waals surface area contributed by atoms with Gasteiger partial charge >= 0.3 is 0 Å². The van der Waals surface area contributed by atoms with Gasteiger partial charge in [-0.25, -0.2) is 0 Å². The Morgan fingerprint density at radius 3 is 2.44 bits per heavy atom. The predicted octanol–water partition coefficient (Wildman–Crippen LogP) is 3.34. The zero-order chi connectivity index (χ0) is 12.1. The lowest BCUT2D eigenvalue weighted by Gasteiger charge is -2.07. The summed E-state index contributed by atoms with van der Waals surface area (Å²) in [4.78, 5) is 0. The highest BCUT2D eigenvalue weighted by molar-refractivity contribution is 9.11. The second kappa shape index (κ2) is 5.64. The Bertz CT molecular complexity index is 484. The van der Waals surface area contributed by atoms with Crippen LogP contribution in [0.1, 0.15) is 5.56 Å². The van der Waals surface area contributed by atoms with Crippen LogP contribution in [0.25, 0.3) is 0 Å². The van der Waals surface area contributed by atoms with E-state index >= 15 is 0 Å². The van der Waals surface area contributed by atoms with E-state index in [4.69, 9.17) is 10.5 Å². The fourth-order valence-corrected chi connectivity index (χ4v) is 2.56. The second-order valence-electron chi connectivity index (χ2n) is 2.88. The van der Waals surface area contributed by atoms with Gasteiger partial charge in [0, 0.05) is 8.95 Å². The van der Waals surface area contributed by atoms with Gasteiger partial charge in [0.15, 0.2) is 0 Å². The molecule has 16 heavy (non-hydrogen) atoms. The lowest BCUT2D eigenvalue weighted by atomic mass is 10.2. The van der Waals surface area contributed by atoms with Gasteiger partial charge in [0.05, 0.1) is 5.69 Å². The molecule has 0 saturated carbocycles. The molecular formula is C10H6Br2N4. The Hall–Kier alpha value is -1.37. The molecule has 0 aliphatic carbocycles. The summed E-state index contributed by atoms with van der Waals surface area (Å²) in [5.41, 5.74) is 4.14. The van der Waals surface area contributed by atoms with Crippen molar-refractivity contribution >= 4 is 43.3 Å². The lowest BCUT2D eigenvalue weighted by molar-refractivity contribution is 1.28.